The average Bonchev–Trinajstić information content (AvgIpc) is 2.16. The highest BCUT2D eigenvalue weighted by Crippen LogP contribution is 2.29. The SMILES string of the molecule is CCO[Si](C)(C)Cc1ccc(C(F)(F)F)cc1. The average molecular weight is 262 g/mol. The molecule has 96 valence electrons. The molecule has 0 aliphatic heterocycles. The van der Waals surface area contributed by atoms with Gasteiger partial charge < -0.3 is 4.43 Å². The van der Waals surface area contributed by atoms with Gasteiger partial charge in [-0.05, 0) is 43.8 Å². The Bertz CT molecular complexity index is 357. The molecule has 1 rings (SSSR count). The molecule has 1 aromatic rings. The zero-order valence-electron chi connectivity index (χ0n) is 10.3. The lowest BCUT2D eigenvalue weighted by atomic mass is 10.1. The zero-order valence-corrected chi connectivity index (χ0v) is 11.3. The molecule has 1 aromatic carbocycles. The van der Waals surface area contributed by atoms with Crippen LogP contribution in [0.1, 0.15) is 18.1 Å². The number of benzene rings is 1. The van der Waals surface area contributed by atoms with Crippen molar-refractivity contribution in [1.82, 2.24) is 0 Å². The summed E-state index contributed by atoms with van der Waals surface area (Å²) >= 11 is 0. The number of hydrogen-bond donors (Lipinski definition) is 0. The Morgan fingerprint density at radius 3 is 2.06 bits per heavy atom. The third-order valence-electron chi connectivity index (χ3n) is 2.45. The van der Waals surface area contributed by atoms with Crippen molar-refractivity contribution >= 4 is 8.32 Å². The summed E-state index contributed by atoms with van der Waals surface area (Å²) in [5.74, 6) is 0. The van der Waals surface area contributed by atoms with Crippen LogP contribution in [0.3, 0.4) is 0 Å². The summed E-state index contributed by atoms with van der Waals surface area (Å²) in [6, 6.07) is 6.07. The summed E-state index contributed by atoms with van der Waals surface area (Å²) in [6.45, 7) is 6.71. The van der Waals surface area contributed by atoms with Gasteiger partial charge in [0.25, 0.3) is 0 Å². The Balaban J connectivity index is 2.75. The van der Waals surface area contributed by atoms with Crippen LogP contribution in [0.2, 0.25) is 13.1 Å². The van der Waals surface area contributed by atoms with Crippen molar-refractivity contribution in [2.24, 2.45) is 0 Å². The van der Waals surface area contributed by atoms with Gasteiger partial charge in [0.15, 0.2) is 8.32 Å². The van der Waals surface area contributed by atoms with Crippen molar-refractivity contribution in [1.29, 1.82) is 0 Å². The van der Waals surface area contributed by atoms with Crippen LogP contribution in [0.5, 0.6) is 0 Å². The maximum atomic E-state index is 12.4. The van der Waals surface area contributed by atoms with E-state index in [0.29, 0.717) is 6.61 Å². The molecule has 0 saturated carbocycles. The molecule has 0 fully saturated rings. The van der Waals surface area contributed by atoms with Gasteiger partial charge in [0.1, 0.15) is 0 Å². The largest absolute Gasteiger partial charge is 0.417 e. The van der Waals surface area contributed by atoms with Gasteiger partial charge in [-0.15, -0.1) is 0 Å². The summed E-state index contributed by atoms with van der Waals surface area (Å²) in [7, 11) is -1.79. The van der Waals surface area contributed by atoms with Gasteiger partial charge in [-0.3, -0.25) is 0 Å². The van der Waals surface area contributed by atoms with E-state index in [0.717, 1.165) is 23.7 Å². The van der Waals surface area contributed by atoms with E-state index in [-0.39, 0.29) is 0 Å². The van der Waals surface area contributed by atoms with Crippen LogP contribution in [0, 0.1) is 0 Å². The highest BCUT2D eigenvalue weighted by atomic mass is 28.4. The van der Waals surface area contributed by atoms with E-state index < -0.39 is 20.1 Å². The summed E-state index contributed by atoms with van der Waals surface area (Å²) in [6.07, 6.45) is -4.26. The molecule has 0 radical (unpaired) electrons. The predicted molar refractivity (Wildman–Crippen MR) is 64.3 cm³/mol. The first-order valence-corrected chi connectivity index (χ1v) is 8.66. The molecule has 1 nitrogen and oxygen atoms in total. The van der Waals surface area contributed by atoms with Crippen LogP contribution in [-0.4, -0.2) is 14.9 Å². The van der Waals surface area contributed by atoms with Gasteiger partial charge >= 0.3 is 6.18 Å². The lowest BCUT2D eigenvalue weighted by molar-refractivity contribution is -0.137. The molecule has 0 unspecified atom stereocenters. The molecule has 0 bridgehead atoms. The minimum Gasteiger partial charge on any atom is -0.417 e. The molecule has 17 heavy (non-hydrogen) atoms. The highest BCUT2D eigenvalue weighted by molar-refractivity contribution is 6.70. The van der Waals surface area contributed by atoms with E-state index in [1.165, 1.54) is 12.1 Å². The molecule has 0 heterocycles. The van der Waals surface area contributed by atoms with Crippen molar-refractivity contribution in [2.45, 2.75) is 32.2 Å². The van der Waals surface area contributed by atoms with Crippen LogP contribution in [0.4, 0.5) is 13.2 Å². The number of rotatable bonds is 4. The monoisotopic (exact) mass is 262 g/mol. The van der Waals surface area contributed by atoms with E-state index in [9.17, 15) is 13.2 Å². The summed E-state index contributed by atoms with van der Waals surface area (Å²) in [5.41, 5.74) is 0.306. The maximum absolute atomic E-state index is 12.4. The summed E-state index contributed by atoms with van der Waals surface area (Å²) in [5, 5.41) is 0. The minimum absolute atomic E-state index is 0.600. The Hall–Kier alpha value is -0.813. The standard InChI is InChI=1S/C12H17F3OSi/c1-4-16-17(2,3)9-10-5-7-11(8-6-10)12(13,14)15/h5-8H,4,9H2,1-3H3. The molecule has 0 atom stereocenters. The van der Waals surface area contributed by atoms with Crippen molar-refractivity contribution < 1.29 is 17.6 Å². The summed E-state index contributed by atoms with van der Waals surface area (Å²) < 4.78 is 42.7. The summed E-state index contributed by atoms with van der Waals surface area (Å²) in [4.78, 5) is 0. The van der Waals surface area contributed by atoms with Crippen LogP contribution in [0.15, 0.2) is 24.3 Å². The highest BCUT2D eigenvalue weighted by Gasteiger charge is 2.30. The van der Waals surface area contributed by atoms with Gasteiger partial charge in [-0.2, -0.15) is 13.2 Å². The van der Waals surface area contributed by atoms with Gasteiger partial charge in [0.05, 0.1) is 5.56 Å². The fourth-order valence-corrected chi connectivity index (χ4v) is 3.85. The Kier molecular flexibility index (Phi) is 4.38. The quantitative estimate of drug-likeness (QED) is 0.744. The number of halogens is 3. The van der Waals surface area contributed by atoms with Gasteiger partial charge in [-0.25, -0.2) is 0 Å². The van der Waals surface area contributed by atoms with Crippen molar-refractivity contribution in [3.05, 3.63) is 35.4 Å². The van der Waals surface area contributed by atoms with E-state index in [4.69, 9.17) is 4.43 Å². The second kappa shape index (κ2) is 5.22. The Morgan fingerprint density at radius 2 is 1.65 bits per heavy atom. The molecule has 0 N–H and O–H groups in total. The number of hydrogen-bond acceptors (Lipinski definition) is 1. The molecule has 0 spiro atoms. The van der Waals surface area contributed by atoms with Gasteiger partial charge in [-0.1, -0.05) is 12.1 Å². The van der Waals surface area contributed by atoms with E-state index in [1.807, 2.05) is 6.92 Å². The molecular formula is C12H17F3OSi. The van der Waals surface area contributed by atoms with Crippen LogP contribution >= 0.6 is 0 Å². The second-order valence-corrected chi connectivity index (χ2v) is 8.73. The van der Waals surface area contributed by atoms with Gasteiger partial charge in [0, 0.05) is 6.61 Å². The fourth-order valence-electron chi connectivity index (χ4n) is 1.74. The third-order valence-corrected chi connectivity index (χ3v) is 4.78. The predicted octanol–water partition coefficient (Wildman–Crippen LogP) is 4.03. The molecule has 0 aromatic heterocycles. The van der Waals surface area contributed by atoms with Gasteiger partial charge in [0.2, 0.25) is 0 Å². The van der Waals surface area contributed by atoms with E-state index in [2.05, 4.69) is 13.1 Å². The molecular weight excluding hydrogens is 245 g/mol. The van der Waals surface area contributed by atoms with Crippen LogP contribution < -0.4 is 0 Å². The Labute approximate surface area is 101 Å². The number of alkyl halides is 3. The molecule has 0 amide bonds. The van der Waals surface area contributed by atoms with E-state index >= 15 is 0 Å². The van der Waals surface area contributed by atoms with Crippen LogP contribution in [0.25, 0.3) is 0 Å². The van der Waals surface area contributed by atoms with E-state index in [1.54, 1.807) is 0 Å². The van der Waals surface area contributed by atoms with Crippen molar-refractivity contribution in [3.63, 3.8) is 0 Å². The van der Waals surface area contributed by atoms with Crippen molar-refractivity contribution in [3.8, 4) is 0 Å². The molecule has 0 aliphatic rings. The topological polar surface area (TPSA) is 9.23 Å². The maximum Gasteiger partial charge on any atom is 0.416 e. The molecule has 5 heteroatoms. The van der Waals surface area contributed by atoms with Crippen LogP contribution in [-0.2, 0) is 16.6 Å². The first-order valence-electron chi connectivity index (χ1n) is 5.55. The third kappa shape index (κ3) is 4.51. The minimum atomic E-state index is -4.26. The zero-order chi connectivity index (χ0) is 13.1. The smallest absolute Gasteiger partial charge is 0.416 e. The fraction of sp³-hybridized carbons (Fsp3) is 0.500. The first kappa shape index (κ1) is 14.2. The lowest BCUT2D eigenvalue weighted by Gasteiger charge is -2.22. The molecule has 0 aliphatic carbocycles. The lowest BCUT2D eigenvalue weighted by Crippen LogP contribution is -2.33. The second-order valence-electron chi connectivity index (χ2n) is 4.56. The first-order chi connectivity index (χ1) is 7.74. The normalized spacial score (nSPS) is 12.8. The van der Waals surface area contributed by atoms with Crippen molar-refractivity contribution in [2.75, 3.05) is 6.61 Å². The molecule has 0 saturated heterocycles. The Morgan fingerprint density at radius 1 is 1.12 bits per heavy atom.